The number of hydrogen-bond acceptors (Lipinski definition) is 7. The highest BCUT2D eigenvalue weighted by Gasteiger charge is 2.29. The second-order valence-corrected chi connectivity index (χ2v) is 12.3. The highest BCUT2D eigenvalue weighted by molar-refractivity contribution is 7.17. The first-order valence-electron chi connectivity index (χ1n) is 14.4. The molecule has 220 valence electrons. The Balaban J connectivity index is 1.46. The van der Waals surface area contributed by atoms with Gasteiger partial charge in [-0.3, -0.25) is 14.5 Å². The molecule has 1 aliphatic heterocycles. The van der Waals surface area contributed by atoms with Crippen LogP contribution in [0.1, 0.15) is 73.2 Å². The quantitative estimate of drug-likeness (QED) is 0.256. The summed E-state index contributed by atoms with van der Waals surface area (Å²) in [7, 11) is 0. The normalized spacial score (nSPS) is 14.1. The zero-order valence-corrected chi connectivity index (χ0v) is 25.4. The van der Waals surface area contributed by atoms with Gasteiger partial charge in [-0.15, -0.1) is 16.4 Å². The molecule has 2 aromatic carbocycles. The number of benzene rings is 2. The summed E-state index contributed by atoms with van der Waals surface area (Å²) < 4.78 is 6.70. The van der Waals surface area contributed by atoms with E-state index in [1.165, 1.54) is 30.6 Å². The van der Waals surface area contributed by atoms with Gasteiger partial charge in [0.25, 0.3) is 11.8 Å². The standard InChI is InChI=1S/C32H37N5O4S/c1-5-36(24-12-8-6-9-13-24)29(39)25-21-42-30-26(25)27(34-37(30)31(40)41-32(2,3)4)33-28(38)23-16-14-22(15-17-23)20-35-18-10-7-11-19-35/h6,8-9,12-17,21H,5,7,10-11,18-20H2,1-4H3,(H,33,34,38). The zero-order chi connectivity index (χ0) is 29.9. The lowest BCUT2D eigenvalue weighted by Gasteiger charge is -2.26. The minimum atomic E-state index is -0.753. The summed E-state index contributed by atoms with van der Waals surface area (Å²) in [5, 5.41) is 9.41. The molecule has 0 aliphatic carbocycles. The van der Waals surface area contributed by atoms with E-state index >= 15 is 0 Å². The minimum Gasteiger partial charge on any atom is -0.442 e. The number of anilines is 2. The van der Waals surface area contributed by atoms with Crippen LogP contribution in [0.15, 0.2) is 60.0 Å². The van der Waals surface area contributed by atoms with Crippen molar-refractivity contribution in [2.45, 2.75) is 59.1 Å². The summed E-state index contributed by atoms with van der Waals surface area (Å²) >= 11 is 1.20. The highest BCUT2D eigenvalue weighted by atomic mass is 32.1. The van der Waals surface area contributed by atoms with Gasteiger partial charge in [0.1, 0.15) is 10.4 Å². The maximum atomic E-state index is 13.8. The third-order valence-electron chi connectivity index (χ3n) is 7.13. The molecule has 4 aromatic rings. The van der Waals surface area contributed by atoms with Crippen LogP contribution in [0.4, 0.5) is 16.3 Å². The van der Waals surface area contributed by atoms with E-state index in [2.05, 4.69) is 15.3 Å². The van der Waals surface area contributed by atoms with Crippen molar-refractivity contribution in [2.75, 3.05) is 29.9 Å². The second-order valence-electron chi connectivity index (χ2n) is 11.4. The predicted octanol–water partition coefficient (Wildman–Crippen LogP) is 6.79. The number of carbonyl (C=O) groups excluding carboxylic acids is 3. The molecule has 42 heavy (non-hydrogen) atoms. The molecule has 1 saturated heterocycles. The van der Waals surface area contributed by atoms with Crippen molar-refractivity contribution in [3.63, 3.8) is 0 Å². The Morgan fingerprint density at radius 1 is 1.00 bits per heavy atom. The third-order valence-corrected chi connectivity index (χ3v) is 8.08. The van der Waals surface area contributed by atoms with Crippen LogP contribution in [0.2, 0.25) is 0 Å². The first-order chi connectivity index (χ1) is 20.1. The molecule has 10 heteroatoms. The van der Waals surface area contributed by atoms with E-state index in [-0.39, 0.29) is 17.6 Å². The molecular formula is C32H37N5O4S. The number of nitrogens with zero attached hydrogens (tertiary/aromatic N) is 4. The maximum Gasteiger partial charge on any atom is 0.436 e. The van der Waals surface area contributed by atoms with Crippen LogP contribution < -0.4 is 10.2 Å². The van der Waals surface area contributed by atoms with Gasteiger partial charge in [0.15, 0.2) is 5.82 Å². The summed E-state index contributed by atoms with van der Waals surface area (Å²) in [5.74, 6) is -0.501. The molecule has 3 heterocycles. The number of ether oxygens (including phenoxy) is 1. The van der Waals surface area contributed by atoms with Crippen molar-refractivity contribution >= 4 is 51.0 Å². The van der Waals surface area contributed by atoms with E-state index in [0.29, 0.717) is 27.9 Å². The molecule has 0 unspecified atom stereocenters. The van der Waals surface area contributed by atoms with Gasteiger partial charge in [0, 0.05) is 29.7 Å². The number of thiophene rings is 1. The Morgan fingerprint density at radius 3 is 2.33 bits per heavy atom. The van der Waals surface area contributed by atoms with Gasteiger partial charge >= 0.3 is 6.09 Å². The van der Waals surface area contributed by atoms with Crippen molar-refractivity contribution in [1.82, 2.24) is 14.7 Å². The van der Waals surface area contributed by atoms with Gasteiger partial charge in [0.2, 0.25) is 0 Å². The molecule has 0 saturated carbocycles. The number of rotatable bonds is 7. The van der Waals surface area contributed by atoms with Crippen LogP contribution in [0, 0.1) is 0 Å². The van der Waals surface area contributed by atoms with Crippen LogP contribution in [-0.4, -0.2) is 57.8 Å². The summed E-state index contributed by atoms with van der Waals surface area (Å²) in [6.07, 6.45) is 3.04. The maximum absolute atomic E-state index is 13.8. The number of likely N-dealkylation sites (tertiary alicyclic amines) is 1. The Morgan fingerprint density at radius 2 is 1.69 bits per heavy atom. The summed E-state index contributed by atoms with van der Waals surface area (Å²) in [6, 6.07) is 16.9. The molecule has 1 N–H and O–H groups in total. The number of nitrogens with one attached hydrogen (secondary N) is 1. The Bertz CT molecular complexity index is 1560. The Labute approximate surface area is 250 Å². The number of piperidine rings is 1. The van der Waals surface area contributed by atoms with Gasteiger partial charge in [-0.1, -0.05) is 36.8 Å². The summed E-state index contributed by atoms with van der Waals surface area (Å²) in [6.45, 7) is 10.7. The second kappa shape index (κ2) is 12.5. The lowest BCUT2D eigenvalue weighted by Crippen LogP contribution is -2.30. The van der Waals surface area contributed by atoms with E-state index in [9.17, 15) is 14.4 Å². The van der Waals surface area contributed by atoms with Crippen LogP contribution in [0.5, 0.6) is 0 Å². The molecule has 0 atom stereocenters. The molecule has 1 fully saturated rings. The van der Waals surface area contributed by atoms with Crippen LogP contribution in [-0.2, 0) is 11.3 Å². The average Bonchev–Trinajstić information content (AvgIpc) is 3.55. The third kappa shape index (κ3) is 6.55. The smallest absolute Gasteiger partial charge is 0.436 e. The number of para-hydroxylation sites is 1. The van der Waals surface area contributed by atoms with Crippen molar-refractivity contribution in [3.05, 3.63) is 76.7 Å². The highest BCUT2D eigenvalue weighted by Crippen LogP contribution is 2.35. The fraction of sp³-hybridized carbons (Fsp3) is 0.375. The molecule has 0 spiro atoms. The van der Waals surface area contributed by atoms with E-state index in [0.717, 1.165) is 35.6 Å². The zero-order valence-electron chi connectivity index (χ0n) is 24.6. The van der Waals surface area contributed by atoms with Crippen molar-refractivity contribution in [2.24, 2.45) is 0 Å². The molecular weight excluding hydrogens is 550 g/mol. The Hall–Kier alpha value is -4.02. The molecule has 5 rings (SSSR count). The van der Waals surface area contributed by atoms with Gasteiger partial charge in [-0.05, 0) is 83.5 Å². The monoisotopic (exact) mass is 587 g/mol. The van der Waals surface area contributed by atoms with E-state index in [1.807, 2.05) is 49.4 Å². The number of carbonyl (C=O) groups is 3. The fourth-order valence-electron chi connectivity index (χ4n) is 5.12. The van der Waals surface area contributed by atoms with Crippen molar-refractivity contribution in [3.8, 4) is 0 Å². The van der Waals surface area contributed by atoms with Gasteiger partial charge < -0.3 is 15.0 Å². The Kier molecular flexibility index (Phi) is 8.74. The number of hydrogen-bond donors (Lipinski definition) is 1. The largest absolute Gasteiger partial charge is 0.442 e. The molecule has 9 nitrogen and oxygen atoms in total. The fourth-order valence-corrected chi connectivity index (χ4v) is 6.10. The average molecular weight is 588 g/mol. The summed E-state index contributed by atoms with van der Waals surface area (Å²) in [4.78, 5) is 44.8. The van der Waals surface area contributed by atoms with Crippen LogP contribution in [0.25, 0.3) is 10.2 Å². The number of fused-ring (bicyclic) bond motifs is 1. The summed E-state index contributed by atoms with van der Waals surface area (Å²) in [5.41, 5.74) is 1.95. The minimum absolute atomic E-state index is 0.131. The molecule has 1 aliphatic rings. The van der Waals surface area contributed by atoms with Crippen molar-refractivity contribution in [1.29, 1.82) is 0 Å². The molecule has 0 bridgehead atoms. The van der Waals surface area contributed by atoms with E-state index in [1.54, 1.807) is 43.2 Å². The van der Waals surface area contributed by atoms with Crippen LogP contribution in [0.3, 0.4) is 0 Å². The van der Waals surface area contributed by atoms with E-state index in [4.69, 9.17) is 4.74 Å². The van der Waals surface area contributed by atoms with Gasteiger partial charge in [0.05, 0.1) is 10.9 Å². The van der Waals surface area contributed by atoms with Crippen molar-refractivity contribution < 1.29 is 19.1 Å². The predicted molar refractivity (Wildman–Crippen MR) is 167 cm³/mol. The molecule has 0 radical (unpaired) electrons. The van der Waals surface area contributed by atoms with E-state index < -0.39 is 11.7 Å². The molecule has 2 amide bonds. The first-order valence-corrected chi connectivity index (χ1v) is 15.3. The lowest BCUT2D eigenvalue weighted by molar-refractivity contribution is 0.0523. The topological polar surface area (TPSA) is 96.8 Å². The van der Waals surface area contributed by atoms with Gasteiger partial charge in [-0.2, -0.15) is 4.68 Å². The van der Waals surface area contributed by atoms with Gasteiger partial charge in [-0.25, -0.2) is 4.79 Å². The molecule has 2 aromatic heterocycles. The number of amides is 2. The SMILES string of the molecule is CCN(C(=O)c1csc2c1c(NC(=O)c1ccc(CN3CCCCC3)cc1)nn2C(=O)OC(C)(C)C)c1ccccc1. The lowest BCUT2D eigenvalue weighted by atomic mass is 10.1. The first kappa shape index (κ1) is 29.5. The number of aromatic nitrogens is 2. The van der Waals surface area contributed by atoms with Crippen LogP contribution >= 0.6 is 11.3 Å².